The van der Waals surface area contributed by atoms with Crippen LogP contribution in [0.2, 0.25) is 0 Å². The maximum Gasteiger partial charge on any atom is 0.261 e. The minimum absolute atomic E-state index is 0.0976. The molecule has 0 bridgehead atoms. The van der Waals surface area contributed by atoms with Gasteiger partial charge >= 0.3 is 0 Å². The van der Waals surface area contributed by atoms with E-state index >= 15 is 0 Å². The molecule has 2 heterocycles. The molecule has 28 heavy (non-hydrogen) atoms. The highest BCUT2D eigenvalue weighted by Crippen LogP contribution is 2.28. The highest BCUT2D eigenvalue weighted by atomic mass is 32.1. The van der Waals surface area contributed by atoms with Gasteiger partial charge in [-0.25, -0.2) is 9.97 Å². The van der Waals surface area contributed by atoms with Gasteiger partial charge in [-0.05, 0) is 42.3 Å². The van der Waals surface area contributed by atoms with Crippen LogP contribution < -0.4 is 20.1 Å². The van der Waals surface area contributed by atoms with E-state index in [0.717, 1.165) is 16.1 Å². The first-order valence-corrected chi connectivity index (χ1v) is 9.56. The maximum absolute atomic E-state index is 12.4. The molecule has 2 aromatic heterocycles. The molecule has 146 valence electrons. The molecule has 2 N–H and O–H groups in total. The molecule has 0 unspecified atom stereocenters. The zero-order chi connectivity index (χ0) is 19.9. The number of ether oxygens (including phenoxy) is 2. The fourth-order valence-corrected chi connectivity index (χ4v) is 3.55. The third-order valence-electron chi connectivity index (χ3n) is 4.11. The molecule has 8 heteroatoms. The van der Waals surface area contributed by atoms with E-state index in [1.54, 1.807) is 27.5 Å². The van der Waals surface area contributed by atoms with Crippen LogP contribution in [0.25, 0.3) is 10.6 Å². The maximum atomic E-state index is 12.4. The first kappa shape index (κ1) is 19.6. The monoisotopic (exact) mass is 398 g/mol. The van der Waals surface area contributed by atoms with Crippen molar-refractivity contribution in [3.63, 3.8) is 0 Å². The van der Waals surface area contributed by atoms with Crippen LogP contribution in [-0.2, 0) is 6.42 Å². The van der Waals surface area contributed by atoms with Gasteiger partial charge in [-0.15, -0.1) is 11.3 Å². The van der Waals surface area contributed by atoms with Gasteiger partial charge < -0.3 is 20.1 Å². The standard InChI is InChI=1S/C20H22N4O3S/c1-21-20-23-11-9-14(24-20)17-6-7-18(28-17)19(25)22-10-8-13-4-5-15(26-2)16(12-13)27-3/h4-7,9,11-12H,8,10H2,1-3H3,(H,22,25)(H,21,23,24). The molecule has 1 amide bonds. The molecule has 0 radical (unpaired) electrons. The normalized spacial score (nSPS) is 10.4. The predicted octanol–water partition coefficient (Wildman–Crippen LogP) is 3.24. The molecule has 3 aromatic rings. The lowest BCUT2D eigenvalue weighted by Gasteiger charge is -2.10. The summed E-state index contributed by atoms with van der Waals surface area (Å²) in [4.78, 5) is 22.5. The van der Waals surface area contributed by atoms with E-state index in [1.165, 1.54) is 11.3 Å². The van der Waals surface area contributed by atoms with E-state index in [4.69, 9.17) is 9.47 Å². The summed E-state index contributed by atoms with van der Waals surface area (Å²) in [5.41, 5.74) is 1.85. The number of carbonyl (C=O) groups excluding carboxylic acids is 1. The van der Waals surface area contributed by atoms with E-state index in [2.05, 4.69) is 20.6 Å². The second kappa shape index (κ2) is 9.18. The molecule has 0 saturated heterocycles. The van der Waals surface area contributed by atoms with Gasteiger partial charge in [0.1, 0.15) is 0 Å². The van der Waals surface area contributed by atoms with Gasteiger partial charge in [0, 0.05) is 19.8 Å². The Bertz CT molecular complexity index is 958. The van der Waals surface area contributed by atoms with Gasteiger partial charge in [0.2, 0.25) is 5.95 Å². The number of benzene rings is 1. The van der Waals surface area contributed by atoms with Crippen LogP contribution in [0.3, 0.4) is 0 Å². The topological polar surface area (TPSA) is 85.4 Å². The van der Waals surface area contributed by atoms with Crippen molar-refractivity contribution >= 4 is 23.2 Å². The van der Waals surface area contributed by atoms with Gasteiger partial charge in [0.25, 0.3) is 5.91 Å². The summed E-state index contributed by atoms with van der Waals surface area (Å²) in [7, 11) is 4.98. The van der Waals surface area contributed by atoms with Crippen LogP contribution in [0.4, 0.5) is 5.95 Å². The molecule has 0 fully saturated rings. The van der Waals surface area contributed by atoms with Crippen molar-refractivity contribution < 1.29 is 14.3 Å². The first-order valence-electron chi connectivity index (χ1n) is 8.74. The molecule has 0 saturated carbocycles. The van der Waals surface area contributed by atoms with Crippen LogP contribution in [0.5, 0.6) is 11.5 Å². The average molecular weight is 398 g/mol. The molecular weight excluding hydrogens is 376 g/mol. The van der Waals surface area contributed by atoms with E-state index in [1.807, 2.05) is 36.4 Å². The van der Waals surface area contributed by atoms with Crippen molar-refractivity contribution in [2.75, 3.05) is 33.1 Å². The highest BCUT2D eigenvalue weighted by Gasteiger charge is 2.12. The third kappa shape index (κ3) is 4.58. The second-order valence-electron chi connectivity index (χ2n) is 5.87. The van der Waals surface area contributed by atoms with Gasteiger partial charge in [0.05, 0.1) is 29.7 Å². The molecule has 7 nitrogen and oxygen atoms in total. The zero-order valence-corrected chi connectivity index (χ0v) is 16.8. The van der Waals surface area contributed by atoms with Crippen LogP contribution >= 0.6 is 11.3 Å². The van der Waals surface area contributed by atoms with Crippen LogP contribution in [0.15, 0.2) is 42.6 Å². The molecule has 0 atom stereocenters. The van der Waals surface area contributed by atoms with Crippen molar-refractivity contribution in [1.82, 2.24) is 15.3 Å². The number of nitrogens with one attached hydrogen (secondary N) is 2. The van der Waals surface area contributed by atoms with E-state index in [0.29, 0.717) is 35.3 Å². The Morgan fingerprint density at radius 2 is 1.93 bits per heavy atom. The summed E-state index contributed by atoms with van der Waals surface area (Å²) in [5.74, 6) is 1.82. The summed E-state index contributed by atoms with van der Waals surface area (Å²) >= 11 is 1.40. The number of hydrogen-bond donors (Lipinski definition) is 2. The largest absolute Gasteiger partial charge is 0.493 e. The number of carbonyl (C=O) groups is 1. The smallest absolute Gasteiger partial charge is 0.261 e. The van der Waals surface area contributed by atoms with Gasteiger partial charge in [-0.1, -0.05) is 6.07 Å². The van der Waals surface area contributed by atoms with Crippen molar-refractivity contribution in [3.05, 3.63) is 53.0 Å². The molecule has 0 spiro atoms. The SMILES string of the molecule is CNc1nccc(-c2ccc(C(=O)NCCc3ccc(OC)c(OC)c3)s2)n1. The van der Waals surface area contributed by atoms with Crippen molar-refractivity contribution in [3.8, 4) is 22.1 Å². The fourth-order valence-electron chi connectivity index (χ4n) is 2.66. The van der Waals surface area contributed by atoms with E-state index in [-0.39, 0.29) is 5.91 Å². The number of anilines is 1. The Morgan fingerprint density at radius 1 is 1.11 bits per heavy atom. The van der Waals surface area contributed by atoms with Crippen LogP contribution in [0, 0.1) is 0 Å². The molecule has 3 rings (SSSR count). The highest BCUT2D eigenvalue weighted by molar-refractivity contribution is 7.17. The summed E-state index contributed by atoms with van der Waals surface area (Å²) in [6.07, 6.45) is 2.39. The van der Waals surface area contributed by atoms with Gasteiger partial charge in [-0.2, -0.15) is 0 Å². The minimum atomic E-state index is -0.0976. The van der Waals surface area contributed by atoms with Crippen LogP contribution in [-0.4, -0.2) is 43.7 Å². The van der Waals surface area contributed by atoms with Crippen LogP contribution in [0.1, 0.15) is 15.2 Å². The Morgan fingerprint density at radius 3 is 2.68 bits per heavy atom. The number of thiophene rings is 1. The zero-order valence-electron chi connectivity index (χ0n) is 16.0. The summed E-state index contributed by atoms with van der Waals surface area (Å²) in [6.45, 7) is 0.527. The van der Waals surface area contributed by atoms with Gasteiger partial charge in [0.15, 0.2) is 11.5 Å². The summed E-state index contributed by atoms with van der Waals surface area (Å²) < 4.78 is 10.5. The van der Waals surface area contributed by atoms with E-state index < -0.39 is 0 Å². The Labute approximate surface area is 167 Å². The van der Waals surface area contributed by atoms with Crippen molar-refractivity contribution in [1.29, 1.82) is 0 Å². The Kier molecular flexibility index (Phi) is 6.44. The number of nitrogens with zero attached hydrogens (tertiary/aromatic N) is 2. The number of rotatable bonds is 8. The fraction of sp³-hybridized carbons (Fsp3) is 0.250. The summed E-state index contributed by atoms with van der Waals surface area (Å²) in [5, 5.41) is 5.87. The molecule has 1 aromatic carbocycles. The summed E-state index contributed by atoms with van der Waals surface area (Å²) in [6, 6.07) is 11.3. The lowest BCUT2D eigenvalue weighted by Crippen LogP contribution is -2.24. The lowest BCUT2D eigenvalue weighted by molar-refractivity contribution is 0.0958. The van der Waals surface area contributed by atoms with E-state index in [9.17, 15) is 4.79 Å². The third-order valence-corrected chi connectivity index (χ3v) is 5.22. The van der Waals surface area contributed by atoms with Crippen molar-refractivity contribution in [2.24, 2.45) is 0 Å². The number of aromatic nitrogens is 2. The Balaban J connectivity index is 1.59. The Hall–Kier alpha value is -3.13. The lowest BCUT2D eigenvalue weighted by atomic mass is 10.1. The quantitative estimate of drug-likeness (QED) is 0.606. The predicted molar refractivity (Wildman–Crippen MR) is 110 cm³/mol. The van der Waals surface area contributed by atoms with Gasteiger partial charge in [-0.3, -0.25) is 4.79 Å². The first-order chi connectivity index (χ1) is 13.6. The molecule has 0 aliphatic heterocycles. The molecule has 0 aliphatic carbocycles. The molecule has 0 aliphatic rings. The van der Waals surface area contributed by atoms with Crippen molar-refractivity contribution in [2.45, 2.75) is 6.42 Å². The number of hydrogen-bond acceptors (Lipinski definition) is 7. The number of methoxy groups -OCH3 is 2. The minimum Gasteiger partial charge on any atom is -0.493 e. The average Bonchev–Trinajstić information content (AvgIpc) is 3.24. The second-order valence-corrected chi connectivity index (χ2v) is 6.96. The number of amides is 1. The molecular formula is C20H22N4O3S.